The molecule has 1 aliphatic heterocycles. The molecule has 3 rings (SSSR count). The van der Waals surface area contributed by atoms with E-state index in [2.05, 4.69) is 10.5 Å². The van der Waals surface area contributed by atoms with E-state index in [4.69, 9.17) is 16.1 Å². The fraction of sp³-hybridized carbons (Fsp3) is 0.357. The first-order valence-corrected chi connectivity index (χ1v) is 6.77. The van der Waals surface area contributed by atoms with Crippen molar-refractivity contribution in [2.24, 2.45) is 0 Å². The molecular formula is C14H15ClN2O2. The molecule has 2 atom stereocenters. The van der Waals surface area contributed by atoms with Gasteiger partial charge in [-0.3, -0.25) is 4.79 Å². The van der Waals surface area contributed by atoms with Crippen LogP contribution in [0.2, 0.25) is 5.02 Å². The van der Waals surface area contributed by atoms with Gasteiger partial charge in [0.1, 0.15) is 5.76 Å². The molecule has 100 valence electrons. The van der Waals surface area contributed by atoms with Crippen LogP contribution in [0.4, 0.5) is 0 Å². The number of aromatic nitrogens is 1. The number of H-pyrrole nitrogens is 1. The summed E-state index contributed by atoms with van der Waals surface area (Å²) in [5, 5.41) is 6.59. The molecule has 0 unspecified atom stereocenters. The molecule has 0 aliphatic carbocycles. The molecule has 2 heterocycles. The van der Waals surface area contributed by atoms with Crippen LogP contribution >= 0.6 is 11.6 Å². The molecule has 2 aromatic rings. The van der Waals surface area contributed by atoms with Crippen molar-refractivity contribution < 1.29 is 4.52 Å². The summed E-state index contributed by atoms with van der Waals surface area (Å²) in [6.07, 6.45) is 1.90. The normalized spacial score (nSPS) is 23.4. The van der Waals surface area contributed by atoms with Gasteiger partial charge in [-0.25, -0.2) is 0 Å². The molecule has 1 saturated heterocycles. The Kier molecular flexibility index (Phi) is 3.44. The standard InChI is InChI=1S/C14H15ClN2O2/c15-11-3-1-9(2-4-11)12-7-10(5-6-16-12)13-8-14(18)17-19-13/h1-4,8,10,12,16H,5-7H2,(H,17,18)/t10-,12-/m0/s1. The van der Waals surface area contributed by atoms with Crippen molar-refractivity contribution in [3.63, 3.8) is 0 Å². The van der Waals surface area contributed by atoms with Crippen molar-refractivity contribution in [2.45, 2.75) is 24.8 Å². The molecule has 5 heteroatoms. The lowest BCUT2D eigenvalue weighted by molar-refractivity contribution is 0.295. The van der Waals surface area contributed by atoms with Crippen molar-refractivity contribution >= 4 is 11.6 Å². The highest BCUT2D eigenvalue weighted by molar-refractivity contribution is 6.30. The molecule has 4 nitrogen and oxygen atoms in total. The third-order valence-corrected chi connectivity index (χ3v) is 3.87. The quantitative estimate of drug-likeness (QED) is 0.888. The van der Waals surface area contributed by atoms with Crippen LogP contribution < -0.4 is 10.9 Å². The lowest BCUT2D eigenvalue weighted by atomic mass is 9.87. The van der Waals surface area contributed by atoms with E-state index in [1.807, 2.05) is 24.3 Å². The van der Waals surface area contributed by atoms with Crippen molar-refractivity contribution in [3.05, 3.63) is 57.0 Å². The van der Waals surface area contributed by atoms with Crippen LogP contribution in [0, 0.1) is 0 Å². The van der Waals surface area contributed by atoms with Crippen LogP contribution in [0.15, 0.2) is 39.6 Å². The Morgan fingerprint density at radius 2 is 2.05 bits per heavy atom. The van der Waals surface area contributed by atoms with Crippen molar-refractivity contribution in [2.75, 3.05) is 6.54 Å². The number of rotatable bonds is 2. The summed E-state index contributed by atoms with van der Waals surface area (Å²) in [6, 6.07) is 9.70. The summed E-state index contributed by atoms with van der Waals surface area (Å²) in [4.78, 5) is 11.1. The number of halogens is 1. The molecule has 0 saturated carbocycles. The number of nitrogens with one attached hydrogen (secondary N) is 2. The zero-order valence-electron chi connectivity index (χ0n) is 10.4. The Balaban J connectivity index is 1.78. The van der Waals surface area contributed by atoms with Gasteiger partial charge in [0.05, 0.1) is 0 Å². The average Bonchev–Trinajstić information content (AvgIpc) is 2.86. The number of aromatic amines is 1. The second-order valence-corrected chi connectivity index (χ2v) is 5.33. The van der Waals surface area contributed by atoms with Crippen molar-refractivity contribution in [1.29, 1.82) is 0 Å². The molecule has 1 fully saturated rings. The summed E-state index contributed by atoms with van der Waals surface area (Å²) in [6.45, 7) is 0.910. The zero-order chi connectivity index (χ0) is 13.2. The molecule has 0 radical (unpaired) electrons. The molecule has 0 bridgehead atoms. The number of hydrogen-bond donors (Lipinski definition) is 2. The first-order chi connectivity index (χ1) is 9.22. The summed E-state index contributed by atoms with van der Waals surface area (Å²) >= 11 is 5.90. The van der Waals surface area contributed by atoms with Gasteiger partial charge in [0.25, 0.3) is 5.56 Å². The van der Waals surface area contributed by atoms with Gasteiger partial charge in [-0.05, 0) is 37.1 Å². The van der Waals surface area contributed by atoms with E-state index in [1.165, 1.54) is 5.56 Å². The van der Waals surface area contributed by atoms with E-state index < -0.39 is 0 Å². The van der Waals surface area contributed by atoms with Gasteiger partial charge in [0.15, 0.2) is 0 Å². The van der Waals surface area contributed by atoms with E-state index in [-0.39, 0.29) is 17.5 Å². The van der Waals surface area contributed by atoms with E-state index in [1.54, 1.807) is 6.07 Å². The number of hydrogen-bond acceptors (Lipinski definition) is 3. The minimum atomic E-state index is -0.170. The lowest BCUT2D eigenvalue weighted by Gasteiger charge is -2.29. The molecule has 1 aromatic heterocycles. The van der Waals surface area contributed by atoms with Gasteiger partial charge in [0.2, 0.25) is 0 Å². The van der Waals surface area contributed by atoms with Crippen LogP contribution in [0.25, 0.3) is 0 Å². The van der Waals surface area contributed by atoms with Crippen molar-refractivity contribution in [3.8, 4) is 0 Å². The number of benzene rings is 1. The Bertz CT molecular complexity index is 602. The highest BCUT2D eigenvalue weighted by Gasteiger charge is 2.26. The smallest absolute Gasteiger partial charge is 0.280 e. The van der Waals surface area contributed by atoms with Gasteiger partial charge < -0.3 is 9.84 Å². The monoisotopic (exact) mass is 278 g/mol. The van der Waals surface area contributed by atoms with Gasteiger partial charge in [-0.15, -0.1) is 0 Å². The number of piperidine rings is 1. The maximum Gasteiger partial charge on any atom is 0.280 e. The lowest BCUT2D eigenvalue weighted by Crippen LogP contribution is -2.30. The Hall–Kier alpha value is -1.52. The first kappa shape index (κ1) is 12.5. The van der Waals surface area contributed by atoms with Crippen LogP contribution in [0.5, 0.6) is 0 Å². The summed E-state index contributed by atoms with van der Waals surface area (Å²) in [5.74, 6) is 1.03. The predicted molar refractivity (Wildman–Crippen MR) is 73.5 cm³/mol. The van der Waals surface area contributed by atoms with Crippen LogP contribution in [-0.2, 0) is 0 Å². The minimum absolute atomic E-state index is 0.170. The molecular weight excluding hydrogens is 264 g/mol. The largest absolute Gasteiger partial charge is 0.383 e. The summed E-state index contributed by atoms with van der Waals surface area (Å²) < 4.78 is 5.22. The third-order valence-electron chi connectivity index (χ3n) is 3.62. The molecule has 19 heavy (non-hydrogen) atoms. The third kappa shape index (κ3) is 2.74. The fourth-order valence-electron chi connectivity index (χ4n) is 2.62. The van der Waals surface area contributed by atoms with E-state index in [0.29, 0.717) is 0 Å². The SMILES string of the molecule is O=c1cc([C@H]2CCN[C@H](c3ccc(Cl)cc3)C2)o[nH]1. The maximum absolute atomic E-state index is 11.1. The van der Waals surface area contributed by atoms with Gasteiger partial charge >= 0.3 is 0 Å². The Morgan fingerprint density at radius 1 is 1.26 bits per heavy atom. The first-order valence-electron chi connectivity index (χ1n) is 6.39. The highest BCUT2D eigenvalue weighted by Crippen LogP contribution is 2.33. The van der Waals surface area contributed by atoms with Crippen LogP contribution in [0.1, 0.15) is 36.1 Å². The van der Waals surface area contributed by atoms with E-state index >= 15 is 0 Å². The molecule has 1 aliphatic rings. The zero-order valence-corrected chi connectivity index (χ0v) is 11.1. The van der Waals surface area contributed by atoms with Crippen molar-refractivity contribution in [1.82, 2.24) is 10.5 Å². The van der Waals surface area contributed by atoms with Gasteiger partial charge in [-0.1, -0.05) is 23.7 Å². The second kappa shape index (κ2) is 5.23. The predicted octanol–water partition coefficient (Wildman–Crippen LogP) is 2.83. The molecule has 0 spiro atoms. The molecule has 2 N–H and O–H groups in total. The van der Waals surface area contributed by atoms with Gasteiger partial charge in [-0.2, -0.15) is 5.16 Å². The average molecular weight is 279 g/mol. The van der Waals surface area contributed by atoms with E-state index in [0.717, 1.165) is 30.2 Å². The second-order valence-electron chi connectivity index (χ2n) is 4.89. The Labute approximate surface area is 115 Å². The van der Waals surface area contributed by atoms with E-state index in [9.17, 15) is 4.79 Å². The molecule has 1 aromatic carbocycles. The highest BCUT2D eigenvalue weighted by atomic mass is 35.5. The van der Waals surface area contributed by atoms with Gasteiger partial charge in [0, 0.05) is 23.0 Å². The fourth-order valence-corrected chi connectivity index (χ4v) is 2.75. The van der Waals surface area contributed by atoms with Crippen LogP contribution in [0.3, 0.4) is 0 Å². The molecule has 0 amide bonds. The van der Waals surface area contributed by atoms with Crippen LogP contribution in [-0.4, -0.2) is 11.7 Å². The Morgan fingerprint density at radius 3 is 2.74 bits per heavy atom. The summed E-state index contributed by atoms with van der Waals surface area (Å²) in [5.41, 5.74) is 1.04. The minimum Gasteiger partial charge on any atom is -0.383 e. The summed E-state index contributed by atoms with van der Waals surface area (Å²) in [7, 11) is 0. The maximum atomic E-state index is 11.1. The topological polar surface area (TPSA) is 58.0 Å².